The van der Waals surface area contributed by atoms with E-state index >= 15 is 0 Å². The van der Waals surface area contributed by atoms with Gasteiger partial charge in [0.15, 0.2) is 11.5 Å². The lowest BCUT2D eigenvalue weighted by Gasteiger charge is -2.35. The Morgan fingerprint density at radius 3 is 2.31 bits per heavy atom. The minimum atomic E-state index is -0.562. The molecule has 6 nitrogen and oxygen atoms in total. The van der Waals surface area contributed by atoms with Crippen molar-refractivity contribution >= 4 is 11.8 Å². The molecule has 0 saturated carbocycles. The molecule has 1 atom stereocenters. The molecule has 2 amide bonds. The van der Waals surface area contributed by atoms with Crippen LogP contribution in [0.3, 0.4) is 0 Å². The van der Waals surface area contributed by atoms with Crippen LogP contribution in [-0.4, -0.2) is 61.5 Å². The van der Waals surface area contributed by atoms with Crippen LogP contribution in [-0.2, 0) is 22.4 Å². The number of ether oxygens (including phenoxy) is 2. The van der Waals surface area contributed by atoms with E-state index < -0.39 is 6.10 Å². The third kappa shape index (κ3) is 5.42. The molecule has 0 aromatic heterocycles. The molecule has 32 heavy (non-hydrogen) atoms. The van der Waals surface area contributed by atoms with E-state index in [-0.39, 0.29) is 18.4 Å². The summed E-state index contributed by atoms with van der Waals surface area (Å²) in [5.74, 6) is 2.09. The van der Waals surface area contributed by atoms with E-state index in [2.05, 4.69) is 24.3 Å². The predicted molar refractivity (Wildman–Crippen MR) is 123 cm³/mol. The number of hydrogen-bond acceptors (Lipinski definition) is 4. The highest BCUT2D eigenvalue weighted by Crippen LogP contribution is 2.32. The van der Waals surface area contributed by atoms with Gasteiger partial charge in [-0.25, -0.2) is 0 Å². The van der Waals surface area contributed by atoms with Gasteiger partial charge < -0.3 is 19.3 Å². The van der Waals surface area contributed by atoms with Crippen molar-refractivity contribution in [2.75, 3.05) is 33.8 Å². The van der Waals surface area contributed by atoms with E-state index in [0.29, 0.717) is 23.8 Å². The van der Waals surface area contributed by atoms with Crippen LogP contribution in [0, 0.1) is 5.92 Å². The Labute approximate surface area is 190 Å². The largest absolute Gasteiger partial charge is 0.485 e. The number of para-hydroxylation sites is 2. The van der Waals surface area contributed by atoms with Gasteiger partial charge in [0.25, 0.3) is 5.91 Å². The molecule has 2 aliphatic heterocycles. The van der Waals surface area contributed by atoms with Gasteiger partial charge in [-0.3, -0.25) is 9.59 Å². The van der Waals surface area contributed by atoms with Gasteiger partial charge in [-0.1, -0.05) is 36.4 Å². The van der Waals surface area contributed by atoms with Crippen LogP contribution in [0.5, 0.6) is 11.5 Å². The number of piperidine rings is 1. The van der Waals surface area contributed by atoms with Crippen molar-refractivity contribution in [1.82, 2.24) is 9.80 Å². The Hall–Kier alpha value is -3.02. The Kier molecular flexibility index (Phi) is 6.98. The van der Waals surface area contributed by atoms with Crippen molar-refractivity contribution in [2.45, 2.75) is 38.2 Å². The molecule has 2 aromatic rings. The zero-order chi connectivity index (χ0) is 22.5. The fraction of sp³-hybridized carbons (Fsp3) is 0.462. The Balaban J connectivity index is 1.23. The summed E-state index contributed by atoms with van der Waals surface area (Å²) < 4.78 is 11.6. The van der Waals surface area contributed by atoms with Crippen molar-refractivity contribution in [1.29, 1.82) is 0 Å². The van der Waals surface area contributed by atoms with Gasteiger partial charge in [-0.2, -0.15) is 0 Å². The first-order chi connectivity index (χ1) is 15.5. The van der Waals surface area contributed by atoms with Crippen LogP contribution in [0.15, 0.2) is 48.5 Å². The number of carbonyl (C=O) groups excluding carboxylic acids is 2. The van der Waals surface area contributed by atoms with Gasteiger partial charge >= 0.3 is 0 Å². The fourth-order valence-corrected chi connectivity index (χ4v) is 4.35. The Bertz CT molecular complexity index is 933. The van der Waals surface area contributed by atoms with Crippen LogP contribution >= 0.6 is 0 Å². The second-order valence-corrected chi connectivity index (χ2v) is 8.94. The van der Waals surface area contributed by atoms with Gasteiger partial charge in [0.1, 0.15) is 6.61 Å². The molecule has 2 heterocycles. The molecule has 0 bridgehead atoms. The van der Waals surface area contributed by atoms with Crippen molar-refractivity contribution in [3.63, 3.8) is 0 Å². The van der Waals surface area contributed by atoms with Crippen LogP contribution in [0.2, 0.25) is 0 Å². The van der Waals surface area contributed by atoms with E-state index in [9.17, 15) is 9.59 Å². The monoisotopic (exact) mass is 436 g/mol. The van der Waals surface area contributed by atoms with Crippen LogP contribution in [0.25, 0.3) is 0 Å². The van der Waals surface area contributed by atoms with Gasteiger partial charge in [0.05, 0.1) is 0 Å². The van der Waals surface area contributed by atoms with Crippen molar-refractivity contribution in [2.24, 2.45) is 5.92 Å². The normalized spacial score (nSPS) is 18.3. The van der Waals surface area contributed by atoms with Crippen molar-refractivity contribution in [3.05, 3.63) is 59.7 Å². The highest BCUT2D eigenvalue weighted by atomic mass is 16.6. The maximum absolute atomic E-state index is 12.9. The lowest BCUT2D eigenvalue weighted by atomic mass is 9.89. The third-order valence-corrected chi connectivity index (χ3v) is 6.38. The molecule has 2 aromatic carbocycles. The molecule has 1 saturated heterocycles. The first-order valence-electron chi connectivity index (χ1n) is 11.4. The summed E-state index contributed by atoms with van der Waals surface area (Å²) in [5.41, 5.74) is 2.51. The molecule has 0 aliphatic carbocycles. The maximum atomic E-state index is 12.9. The zero-order valence-corrected chi connectivity index (χ0v) is 19.0. The first-order valence-corrected chi connectivity index (χ1v) is 11.4. The molecule has 2 aliphatic rings. The van der Waals surface area contributed by atoms with Crippen molar-refractivity contribution in [3.8, 4) is 11.5 Å². The van der Waals surface area contributed by atoms with Crippen LogP contribution in [0.1, 0.15) is 30.4 Å². The summed E-state index contributed by atoms with van der Waals surface area (Å²) >= 11 is 0. The summed E-state index contributed by atoms with van der Waals surface area (Å²) in [7, 11) is 3.58. The van der Waals surface area contributed by atoms with Crippen molar-refractivity contribution < 1.29 is 19.1 Å². The molecular weight excluding hydrogens is 404 g/mol. The quantitative estimate of drug-likeness (QED) is 0.697. The highest BCUT2D eigenvalue weighted by Gasteiger charge is 2.33. The van der Waals surface area contributed by atoms with Crippen LogP contribution in [0.4, 0.5) is 0 Å². The van der Waals surface area contributed by atoms with Gasteiger partial charge in [0, 0.05) is 33.6 Å². The zero-order valence-electron chi connectivity index (χ0n) is 19.0. The number of likely N-dealkylation sites (tertiary alicyclic amines) is 1. The molecule has 4 rings (SSSR count). The minimum Gasteiger partial charge on any atom is -0.485 e. The molecule has 1 fully saturated rings. The third-order valence-electron chi connectivity index (χ3n) is 6.38. The number of fused-ring (bicyclic) bond motifs is 1. The van der Waals surface area contributed by atoms with Gasteiger partial charge in [0.2, 0.25) is 12.0 Å². The molecule has 6 heteroatoms. The number of carbonyl (C=O) groups is 2. The summed E-state index contributed by atoms with van der Waals surface area (Å²) in [4.78, 5) is 28.2. The lowest BCUT2D eigenvalue weighted by Crippen LogP contribution is -2.49. The molecule has 0 N–H and O–H groups in total. The van der Waals surface area contributed by atoms with Crippen LogP contribution < -0.4 is 9.47 Å². The smallest absolute Gasteiger partial charge is 0.267 e. The summed E-state index contributed by atoms with van der Waals surface area (Å²) in [6.45, 7) is 1.79. The molecular formula is C26H32N2O4. The van der Waals surface area contributed by atoms with Gasteiger partial charge in [-0.05, 0) is 54.9 Å². The number of rotatable bonds is 6. The SMILES string of the molecule is CN(C)C(=O)CCc1ccc(CC2CCN(C(=O)C3COc4ccccc4O3)CC2)cc1. The Morgan fingerprint density at radius 2 is 1.62 bits per heavy atom. The number of amides is 2. The van der Waals surface area contributed by atoms with Gasteiger partial charge in [-0.15, -0.1) is 0 Å². The molecule has 0 radical (unpaired) electrons. The number of benzene rings is 2. The Morgan fingerprint density at radius 1 is 0.969 bits per heavy atom. The van der Waals surface area contributed by atoms with E-state index in [1.165, 1.54) is 11.1 Å². The standard InChI is InChI=1S/C26H32N2O4/c1-27(2)25(29)12-11-19-7-9-20(10-8-19)17-21-13-15-28(16-14-21)26(30)24-18-31-22-5-3-4-6-23(22)32-24/h3-10,21,24H,11-18H2,1-2H3. The van der Waals surface area contributed by atoms with E-state index in [1.807, 2.05) is 29.2 Å². The predicted octanol–water partition coefficient (Wildman–Crippen LogP) is 3.33. The van der Waals surface area contributed by atoms with E-state index in [0.717, 1.165) is 38.8 Å². The summed E-state index contributed by atoms with van der Waals surface area (Å²) in [6, 6.07) is 16.1. The molecule has 0 spiro atoms. The number of hydrogen-bond donors (Lipinski definition) is 0. The lowest BCUT2D eigenvalue weighted by molar-refractivity contribution is -0.142. The van der Waals surface area contributed by atoms with E-state index in [4.69, 9.17) is 9.47 Å². The molecule has 1 unspecified atom stereocenters. The second-order valence-electron chi connectivity index (χ2n) is 8.94. The number of nitrogens with zero attached hydrogens (tertiary/aromatic N) is 2. The fourth-order valence-electron chi connectivity index (χ4n) is 4.35. The average molecular weight is 437 g/mol. The van der Waals surface area contributed by atoms with E-state index in [1.54, 1.807) is 19.0 Å². The highest BCUT2D eigenvalue weighted by molar-refractivity contribution is 5.82. The minimum absolute atomic E-state index is 0.0228. The maximum Gasteiger partial charge on any atom is 0.267 e. The molecule has 170 valence electrons. The number of aryl methyl sites for hydroxylation is 1. The summed E-state index contributed by atoms with van der Waals surface area (Å²) in [6.07, 6.45) is 3.77. The second kappa shape index (κ2) is 10.1. The first kappa shape index (κ1) is 22.2. The average Bonchev–Trinajstić information content (AvgIpc) is 2.83. The summed E-state index contributed by atoms with van der Waals surface area (Å²) in [5, 5.41) is 0. The topological polar surface area (TPSA) is 59.1 Å².